The molecule has 1 aromatic carbocycles. The molecule has 1 amide bonds. The number of aryl methyl sites for hydroxylation is 1. The lowest BCUT2D eigenvalue weighted by atomic mass is 10.1. The van der Waals surface area contributed by atoms with Crippen molar-refractivity contribution in [2.24, 2.45) is 7.05 Å². The summed E-state index contributed by atoms with van der Waals surface area (Å²) in [7, 11) is 1.86. The van der Waals surface area contributed by atoms with E-state index in [0.717, 1.165) is 20.9 Å². The van der Waals surface area contributed by atoms with Crippen molar-refractivity contribution in [2.75, 3.05) is 0 Å². The van der Waals surface area contributed by atoms with Crippen LogP contribution in [0, 0.1) is 0 Å². The van der Waals surface area contributed by atoms with Gasteiger partial charge in [-0.15, -0.1) is 0 Å². The third-order valence-electron chi connectivity index (χ3n) is 3.85. The average molecular weight is 393 g/mol. The molecule has 118 valence electrons. The van der Waals surface area contributed by atoms with Crippen molar-refractivity contribution < 1.29 is 4.79 Å². The van der Waals surface area contributed by atoms with E-state index in [9.17, 15) is 4.79 Å². The summed E-state index contributed by atoms with van der Waals surface area (Å²) in [5.74, 6) is -0.136. The summed E-state index contributed by atoms with van der Waals surface area (Å²) in [6, 6.07) is 9.21. The zero-order chi connectivity index (χ0) is 16.6. The zero-order valence-electron chi connectivity index (χ0n) is 12.7. The van der Waals surface area contributed by atoms with Crippen molar-refractivity contribution in [1.29, 1.82) is 0 Å². The molecule has 0 aliphatic rings. The monoisotopic (exact) mass is 391 g/mol. The fourth-order valence-corrected chi connectivity index (χ4v) is 3.19. The highest BCUT2D eigenvalue weighted by Gasteiger charge is 2.17. The first-order valence-electron chi connectivity index (χ1n) is 7.12. The van der Waals surface area contributed by atoms with Gasteiger partial charge in [0.1, 0.15) is 5.69 Å². The molecule has 6 heteroatoms. The van der Waals surface area contributed by atoms with E-state index in [0.29, 0.717) is 10.7 Å². The Hall–Kier alpha value is -1.85. The fraction of sp³-hybridized carbons (Fsp3) is 0.176. The van der Waals surface area contributed by atoms with Gasteiger partial charge < -0.3 is 9.88 Å². The van der Waals surface area contributed by atoms with E-state index in [4.69, 9.17) is 11.6 Å². The number of amides is 1. The lowest BCUT2D eigenvalue weighted by Crippen LogP contribution is -2.28. The molecule has 0 spiro atoms. The van der Waals surface area contributed by atoms with Crippen LogP contribution in [0.15, 0.2) is 47.2 Å². The minimum absolute atomic E-state index is 0.136. The SMILES string of the molecule is C[C@H](NC(=O)c1cc2c(Br)cncc2n1C)c1cccc(Cl)c1. The predicted octanol–water partition coefficient (Wildman–Crippen LogP) is 4.48. The first kappa shape index (κ1) is 16.0. The number of halogens is 2. The third-order valence-corrected chi connectivity index (χ3v) is 4.72. The molecule has 0 fully saturated rings. The first-order chi connectivity index (χ1) is 11.0. The number of benzene rings is 1. The lowest BCUT2D eigenvalue weighted by molar-refractivity contribution is 0.0932. The van der Waals surface area contributed by atoms with E-state index in [-0.39, 0.29) is 11.9 Å². The maximum absolute atomic E-state index is 12.6. The van der Waals surface area contributed by atoms with Crippen LogP contribution in [0.5, 0.6) is 0 Å². The van der Waals surface area contributed by atoms with Crippen LogP contribution in [-0.4, -0.2) is 15.5 Å². The van der Waals surface area contributed by atoms with Crippen LogP contribution >= 0.6 is 27.5 Å². The van der Waals surface area contributed by atoms with Gasteiger partial charge in [-0.1, -0.05) is 23.7 Å². The topological polar surface area (TPSA) is 46.9 Å². The van der Waals surface area contributed by atoms with Gasteiger partial charge in [-0.2, -0.15) is 0 Å². The van der Waals surface area contributed by atoms with Crippen LogP contribution in [-0.2, 0) is 7.05 Å². The van der Waals surface area contributed by atoms with Crippen molar-refractivity contribution in [1.82, 2.24) is 14.9 Å². The van der Waals surface area contributed by atoms with Gasteiger partial charge in [0, 0.05) is 28.1 Å². The van der Waals surface area contributed by atoms with Crippen LogP contribution in [0.2, 0.25) is 5.02 Å². The van der Waals surface area contributed by atoms with Crippen LogP contribution < -0.4 is 5.32 Å². The van der Waals surface area contributed by atoms with E-state index in [2.05, 4.69) is 26.2 Å². The van der Waals surface area contributed by atoms with Gasteiger partial charge in [-0.3, -0.25) is 9.78 Å². The molecule has 0 saturated heterocycles. The van der Waals surface area contributed by atoms with Crippen LogP contribution in [0.1, 0.15) is 29.0 Å². The summed E-state index contributed by atoms with van der Waals surface area (Å²) in [6.07, 6.45) is 3.47. The van der Waals surface area contributed by atoms with Gasteiger partial charge in [0.25, 0.3) is 5.91 Å². The molecule has 2 aromatic heterocycles. The van der Waals surface area contributed by atoms with Gasteiger partial charge in [0.2, 0.25) is 0 Å². The Labute approximate surface area is 147 Å². The standard InChI is InChI=1S/C17H15BrClN3O/c1-10(11-4-3-5-12(19)6-11)21-17(23)15-7-13-14(18)8-20-9-16(13)22(15)2/h3-10H,1-2H3,(H,21,23)/t10-/m0/s1. The normalized spacial score (nSPS) is 12.3. The number of rotatable bonds is 3. The molecular weight excluding hydrogens is 378 g/mol. The van der Waals surface area contributed by atoms with Crippen molar-refractivity contribution in [3.8, 4) is 0 Å². The second kappa shape index (κ2) is 6.34. The second-order valence-corrected chi connectivity index (χ2v) is 6.68. The zero-order valence-corrected chi connectivity index (χ0v) is 15.0. The molecule has 0 saturated carbocycles. The molecule has 0 unspecified atom stereocenters. The molecule has 1 N–H and O–H groups in total. The van der Waals surface area contributed by atoms with Crippen LogP contribution in [0.4, 0.5) is 0 Å². The molecule has 3 aromatic rings. The largest absolute Gasteiger partial charge is 0.344 e. The molecule has 0 bridgehead atoms. The molecule has 1 atom stereocenters. The quantitative estimate of drug-likeness (QED) is 0.714. The Balaban J connectivity index is 1.89. The molecule has 2 heterocycles. The fourth-order valence-electron chi connectivity index (χ4n) is 2.56. The molecular formula is C17H15BrClN3O. The molecule has 0 aliphatic carbocycles. The number of nitrogens with zero attached hydrogens (tertiary/aromatic N) is 2. The van der Waals surface area contributed by atoms with Crippen molar-refractivity contribution >= 4 is 44.3 Å². The van der Waals surface area contributed by atoms with Crippen LogP contribution in [0.3, 0.4) is 0 Å². The number of hydrogen-bond donors (Lipinski definition) is 1. The Morgan fingerprint density at radius 1 is 1.35 bits per heavy atom. The van der Waals surface area contributed by atoms with E-state index in [1.807, 2.05) is 48.9 Å². The maximum Gasteiger partial charge on any atom is 0.268 e. The molecule has 0 aliphatic heterocycles. The third kappa shape index (κ3) is 3.12. The molecule has 0 radical (unpaired) electrons. The van der Waals surface area contributed by atoms with E-state index >= 15 is 0 Å². The molecule has 3 rings (SSSR count). The van der Waals surface area contributed by atoms with Gasteiger partial charge in [0.15, 0.2) is 0 Å². The highest BCUT2D eigenvalue weighted by atomic mass is 79.9. The van der Waals surface area contributed by atoms with Crippen molar-refractivity contribution in [3.63, 3.8) is 0 Å². The molecule has 23 heavy (non-hydrogen) atoms. The van der Waals surface area contributed by atoms with Gasteiger partial charge in [-0.25, -0.2) is 0 Å². The summed E-state index contributed by atoms with van der Waals surface area (Å²) in [6.45, 7) is 1.93. The van der Waals surface area contributed by atoms with Gasteiger partial charge in [-0.05, 0) is 46.6 Å². The second-order valence-electron chi connectivity index (χ2n) is 5.39. The van der Waals surface area contributed by atoms with Crippen LogP contribution in [0.25, 0.3) is 10.9 Å². The van der Waals surface area contributed by atoms with E-state index in [1.54, 1.807) is 12.4 Å². The van der Waals surface area contributed by atoms with E-state index in [1.165, 1.54) is 0 Å². The minimum atomic E-state index is -0.138. The number of aromatic nitrogens is 2. The first-order valence-corrected chi connectivity index (χ1v) is 8.29. The Morgan fingerprint density at radius 3 is 2.83 bits per heavy atom. The summed E-state index contributed by atoms with van der Waals surface area (Å²) in [5, 5.41) is 4.62. The number of fused-ring (bicyclic) bond motifs is 1. The van der Waals surface area contributed by atoms with Crippen molar-refractivity contribution in [2.45, 2.75) is 13.0 Å². The minimum Gasteiger partial charge on any atom is -0.344 e. The number of hydrogen-bond acceptors (Lipinski definition) is 2. The van der Waals surface area contributed by atoms with Gasteiger partial charge in [0.05, 0.1) is 17.8 Å². The number of carbonyl (C=O) groups excluding carboxylic acids is 1. The van der Waals surface area contributed by atoms with Crippen molar-refractivity contribution in [3.05, 3.63) is 63.5 Å². The number of carbonyl (C=O) groups is 1. The highest BCUT2D eigenvalue weighted by Crippen LogP contribution is 2.26. The highest BCUT2D eigenvalue weighted by molar-refractivity contribution is 9.10. The summed E-state index contributed by atoms with van der Waals surface area (Å²) in [5.41, 5.74) is 2.45. The van der Waals surface area contributed by atoms with E-state index < -0.39 is 0 Å². The Morgan fingerprint density at radius 2 is 2.13 bits per heavy atom. The molecule has 4 nitrogen and oxygen atoms in total. The number of nitrogens with one attached hydrogen (secondary N) is 1. The Bertz CT molecular complexity index is 891. The summed E-state index contributed by atoms with van der Waals surface area (Å²) in [4.78, 5) is 16.8. The summed E-state index contributed by atoms with van der Waals surface area (Å²) < 4.78 is 2.71. The average Bonchev–Trinajstić information content (AvgIpc) is 2.86. The lowest BCUT2D eigenvalue weighted by Gasteiger charge is -2.15. The predicted molar refractivity (Wildman–Crippen MR) is 95.7 cm³/mol. The Kier molecular flexibility index (Phi) is 4.41. The van der Waals surface area contributed by atoms with Gasteiger partial charge >= 0.3 is 0 Å². The maximum atomic E-state index is 12.6. The summed E-state index contributed by atoms with van der Waals surface area (Å²) >= 11 is 9.48. The number of pyridine rings is 1. The smallest absolute Gasteiger partial charge is 0.268 e.